The van der Waals surface area contributed by atoms with E-state index in [1.54, 1.807) is 23.0 Å². The summed E-state index contributed by atoms with van der Waals surface area (Å²) in [4.78, 5) is 6.54. The summed E-state index contributed by atoms with van der Waals surface area (Å²) in [5.74, 6) is 1.39. The molecule has 5 aromatic rings. The van der Waals surface area contributed by atoms with Gasteiger partial charge < -0.3 is 19.5 Å². The third kappa shape index (κ3) is 5.03. The van der Waals surface area contributed by atoms with E-state index in [-0.39, 0.29) is 6.04 Å². The van der Waals surface area contributed by atoms with Crippen molar-refractivity contribution >= 4 is 23.0 Å². The van der Waals surface area contributed by atoms with Crippen molar-refractivity contribution in [2.45, 2.75) is 18.3 Å². The van der Waals surface area contributed by atoms with Crippen molar-refractivity contribution in [1.29, 1.82) is 0 Å². The summed E-state index contributed by atoms with van der Waals surface area (Å²) in [6, 6.07) is 30.9. The first-order valence-corrected chi connectivity index (χ1v) is 13.0. The van der Waals surface area contributed by atoms with Crippen LogP contribution in [-0.2, 0) is 6.18 Å². The van der Waals surface area contributed by atoms with Crippen LogP contribution in [0.1, 0.15) is 29.0 Å². The van der Waals surface area contributed by atoms with Crippen molar-refractivity contribution in [1.82, 2.24) is 14.9 Å². The quantitative estimate of drug-likeness (QED) is 0.216. The van der Waals surface area contributed by atoms with Crippen molar-refractivity contribution in [2.75, 3.05) is 4.90 Å². The summed E-state index contributed by atoms with van der Waals surface area (Å²) in [6.45, 7) is 0. The number of halogens is 3. The minimum atomic E-state index is -4.45. The highest BCUT2D eigenvalue weighted by atomic mass is 32.1. The molecule has 1 aliphatic rings. The molecular formula is C31H23F3N4OS. The number of nitrogens with one attached hydrogen (secondary N) is 1. The Kier molecular flexibility index (Phi) is 6.73. The van der Waals surface area contributed by atoms with E-state index in [4.69, 9.17) is 17.0 Å². The molecule has 40 heavy (non-hydrogen) atoms. The number of hydrogen-bond acceptors (Lipinski definition) is 3. The number of nitrogens with zero attached hydrogens (tertiary/aromatic N) is 3. The molecule has 9 heteroatoms. The minimum Gasteiger partial charge on any atom is -0.457 e. The molecule has 5 nitrogen and oxygen atoms in total. The van der Waals surface area contributed by atoms with E-state index in [2.05, 4.69) is 10.3 Å². The van der Waals surface area contributed by atoms with E-state index in [0.717, 1.165) is 35.0 Å². The summed E-state index contributed by atoms with van der Waals surface area (Å²) >= 11 is 5.82. The second-order valence-corrected chi connectivity index (χ2v) is 9.64. The maximum absolute atomic E-state index is 13.5. The summed E-state index contributed by atoms with van der Waals surface area (Å²) in [6.07, 6.45) is -0.982. The molecule has 6 rings (SSSR count). The first-order chi connectivity index (χ1) is 19.4. The molecule has 2 atom stereocenters. The summed E-state index contributed by atoms with van der Waals surface area (Å²) in [5.41, 5.74) is 2.01. The second-order valence-electron chi connectivity index (χ2n) is 9.26. The predicted octanol–water partition coefficient (Wildman–Crippen LogP) is 7.86. The van der Waals surface area contributed by atoms with Crippen molar-refractivity contribution in [2.24, 2.45) is 0 Å². The summed E-state index contributed by atoms with van der Waals surface area (Å²) < 4.78 is 48.3. The van der Waals surface area contributed by atoms with Crippen LogP contribution in [0, 0.1) is 0 Å². The molecule has 1 fully saturated rings. The molecule has 1 N–H and O–H groups in total. The van der Waals surface area contributed by atoms with Crippen LogP contribution in [0.25, 0.3) is 5.69 Å². The van der Waals surface area contributed by atoms with E-state index < -0.39 is 17.8 Å². The zero-order valence-corrected chi connectivity index (χ0v) is 21.8. The summed E-state index contributed by atoms with van der Waals surface area (Å²) in [7, 11) is 0. The molecule has 3 aromatic carbocycles. The van der Waals surface area contributed by atoms with E-state index in [1.807, 2.05) is 89.8 Å². The Balaban J connectivity index is 1.41. The van der Waals surface area contributed by atoms with Crippen molar-refractivity contribution < 1.29 is 17.9 Å². The lowest BCUT2D eigenvalue weighted by atomic mass is 10.0. The Bertz CT molecular complexity index is 1620. The Hall–Kier alpha value is -4.63. The van der Waals surface area contributed by atoms with Crippen LogP contribution in [0.3, 0.4) is 0 Å². The number of para-hydroxylation sites is 1. The van der Waals surface area contributed by atoms with Crippen molar-refractivity contribution in [3.05, 3.63) is 139 Å². The Morgan fingerprint density at radius 1 is 0.775 bits per heavy atom. The zero-order chi connectivity index (χ0) is 27.7. The van der Waals surface area contributed by atoms with Gasteiger partial charge >= 0.3 is 6.18 Å². The van der Waals surface area contributed by atoms with Crippen LogP contribution in [0.4, 0.5) is 18.9 Å². The smallest absolute Gasteiger partial charge is 0.416 e. The fraction of sp³-hybridized carbons (Fsp3) is 0.0968. The molecule has 200 valence electrons. The van der Waals surface area contributed by atoms with Gasteiger partial charge in [0.1, 0.15) is 17.5 Å². The molecule has 3 heterocycles. The standard InChI is InChI=1S/C31H23F3N4OS/c32-31(33,34)21-8-6-9-23(20-21)37-19-7-13-27(37)29-28(26-12-4-5-18-35-26)36-30(40)38(29)22-14-16-25(17-15-22)39-24-10-2-1-3-11-24/h1-20,28-29H,(H,36,40)/t28-,29-/m0/s1. The maximum Gasteiger partial charge on any atom is 0.416 e. The highest BCUT2D eigenvalue weighted by Crippen LogP contribution is 2.43. The molecule has 0 amide bonds. The van der Waals surface area contributed by atoms with Crippen molar-refractivity contribution in [3.63, 3.8) is 0 Å². The van der Waals surface area contributed by atoms with Crippen LogP contribution in [0.5, 0.6) is 11.5 Å². The number of benzene rings is 3. The second kappa shape index (κ2) is 10.5. The average molecular weight is 557 g/mol. The number of rotatable bonds is 6. The highest BCUT2D eigenvalue weighted by Gasteiger charge is 2.42. The SMILES string of the molecule is FC(F)(F)c1cccc(-n2cccc2[C@H]2[C@H](c3ccccn3)NC(=S)N2c2ccc(Oc3ccccc3)cc2)c1. The van der Waals surface area contributed by atoms with E-state index in [9.17, 15) is 13.2 Å². The normalized spacial score (nSPS) is 17.1. The first-order valence-electron chi connectivity index (χ1n) is 12.6. The average Bonchev–Trinajstić information content (AvgIpc) is 3.59. The molecule has 0 saturated carbocycles. The fourth-order valence-electron chi connectivity index (χ4n) is 4.94. The number of pyridine rings is 1. The van der Waals surface area contributed by atoms with Gasteiger partial charge in [0.2, 0.25) is 0 Å². The van der Waals surface area contributed by atoms with Gasteiger partial charge in [-0.25, -0.2) is 0 Å². The van der Waals surface area contributed by atoms with Gasteiger partial charge in [-0.3, -0.25) is 4.98 Å². The Labute approximate surface area is 234 Å². The fourth-order valence-corrected chi connectivity index (χ4v) is 5.28. The van der Waals surface area contributed by atoms with E-state index >= 15 is 0 Å². The van der Waals surface area contributed by atoms with Gasteiger partial charge in [0.05, 0.1) is 17.3 Å². The minimum absolute atomic E-state index is 0.353. The van der Waals surface area contributed by atoms with Crippen LogP contribution >= 0.6 is 12.2 Å². The van der Waals surface area contributed by atoms with Gasteiger partial charge in [0, 0.05) is 29.5 Å². The Morgan fingerprint density at radius 2 is 1.52 bits per heavy atom. The van der Waals surface area contributed by atoms with Crippen LogP contribution < -0.4 is 15.0 Å². The van der Waals surface area contributed by atoms with E-state index in [1.165, 1.54) is 6.07 Å². The van der Waals surface area contributed by atoms with E-state index in [0.29, 0.717) is 16.5 Å². The van der Waals surface area contributed by atoms with Gasteiger partial charge in [-0.15, -0.1) is 0 Å². The largest absolute Gasteiger partial charge is 0.457 e. The maximum atomic E-state index is 13.5. The van der Waals surface area contributed by atoms with Crippen LogP contribution in [0.2, 0.25) is 0 Å². The third-order valence-electron chi connectivity index (χ3n) is 6.73. The number of hydrogen-bond donors (Lipinski definition) is 1. The van der Waals surface area contributed by atoms with Gasteiger partial charge in [0.15, 0.2) is 5.11 Å². The van der Waals surface area contributed by atoms with Crippen LogP contribution in [0.15, 0.2) is 122 Å². The first kappa shape index (κ1) is 25.6. The lowest BCUT2D eigenvalue weighted by Crippen LogP contribution is -2.30. The molecule has 0 bridgehead atoms. The third-order valence-corrected chi connectivity index (χ3v) is 7.04. The monoisotopic (exact) mass is 556 g/mol. The molecule has 2 aromatic heterocycles. The number of thiocarbonyl (C=S) groups is 1. The topological polar surface area (TPSA) is 42.3 Å². The molecule has 1 saturated heterocycles. The number of alkyl halides is 3. The van der Waals surface area contributed by atoms with Crippen LogP contribution in [-0.4, -0.2) is 14.7 Å². The predicted molar refractivity (Wildman–Crippen MR) is 152 cm³/mol. The molecule has 0 spiro atoms. The van der Waals surface area contributed by atoms with Gasteiger partial charge in [-0.05, 0) is 91.1 Å². The van der Waals surface area contributed by atoms with Crippen molar-refractivity contribution in [3.8, 4) is 17.2 Å². The lowest BCUT2D eigenvalue weighted by Gasteiger charge is -2.29. The lowest BCUT2D eigenvalue weighted by molar-refractivity contribution is -0.137. The van der Waals surface area contributed by atoms with Gasteiger partial charge in [0.25, 0.3) is 0 Å². The molecule has 0 radical (unpaired) electrons. The molecular weight excluding hydrogens is 533 g/mol. The number of ether oxygens (including phenoxy) is 1. The summed E-state index contributed by atoms with van der Waals surface area (Å²) in [5, 5.41) is 3.88. The molecule has 0 unspecified atom stereocenters. The zero-order valence-electron chi connectivity index (χ0n) is 21.0. The number of aromatic nitrogens is 2. The molecule has 0 aliphatic carbocycles. The highest BCUT2D eigenvalue weighted by molar-refractivity contribution is 7.80. The van der Waals surface area contributed by atoms with Gasteiger partial charge in [-0.1, -0.05) is 30.3 Å². The number of anilines is 1. The Morgan fingerprint density at radius 3 is 2.25 bits per heavy atom. The van der Waals surface area contributed by atoms with Gasteiger partial charge in [-0.2, -0.15) is 13.2 Å². The molecule has 1 aliphatic heterocycles.